The topological polar surface area (TPSA) is 29.9 Å². The molecule has 20 heavy (non-hydrogen) atoms. The predicted octanol–water partition coefficient (Wildman–Crippen LogP) is 3.44. The lowest BCUT2D eigenvalue weighted by atomic mass is 9.98. The maximum absolute atomic E-state index is 4.48. The highest BCUT2D eigenvalue weighted by Gasteiger charge is 2.13. The molecule has 0 aliphatic rings. The molecule has 1 aromatic heterocycles. The lowest BCUT2D eigenvalue weighted by Crippen LogP contribution is -2.23. The van der Waals surface area contributed by atoms with Gasteiger partial charge >= 0.3 is 0 Å². The largest absolute Gasteiger partial charge is 0.340 e. The molecule has 0 aliphatic carbocycles. The van der Waals surface area contributed by atoms with Crippen LogP contribution in [0.5, 0.6) is 0 Å². The second-order valence-corrected chi connectivity index (χ2v) is 5.67. The summed E-state index contributed by atoms with van der Waals surface area (Å²) in [5.41, 5.74) is 3.86. The predicted molar refractivity (Wildman–Crippen MR) is 83.9 cm³/mol. The lowest BCUT2D eigenvalue weighted by Gasteiger charge is -2.16. The van der Waals surface area contributed by atoms with E-state index in [9.17, 15) is 0 Å². The third-order valence-corrected chi connectivity index (χ3v) is 3.62. The zero-order valence-corrected chi connectivity index (χ0v) is 12.9. The number of likely N-dealkylation sites (N-methyl/N-ethyl adjacent to an activating group) is 1. The molecule has 0 bridgehead atoms. The van der Waals surface area contributed by atoms with Crippen molar-refractivity contribution in [1.82, 2.24) is 14.9 Å². The second kappa shape index (κ2) is 6.71. The maximum atomic E-state index is 4.48. The molecule has 0 spiro atoms. The van der Waals surface area contributed by atoms with Crippen LogP contribution in [0.25, 0.3) is 0 Å². The summed E-state index contributed by atoms with van der Waals surface area (Å²) in [6.45, 7) is 7.54. The Morgan fingerprint density at radius 2 is 1.90 bits per heavy atom. The first-order valence-corrected chi connectivity index (χ1v) is 7.40. The molecule has 2 rings (SSSR count). The summed E-state index contributed by atoms with van der Waals surface area (Å²) in [5, 5.41) is 3.52. The Bertz CT molecular complexity index is 525. The molecular formula is C17H25N3. The van der Waals surface area contributed by atoms with E-state index in [4.69, 9.17) is 0 Å². The van der Waals surface area contributed by atoms with Crippen LogP contribution < -0.4 is 5.32 Å². The minimum atomic E-state index is 0.283. The summed E-state index contributed by atoms with van der Waals surface area (Å²) in [7, 11) is 2.01. The second-order valence-electron chi connectivity index (χ2n) is 5.67. The average Bonchev–Trinajstić information content (AvgIpc) is 2.85. The molecule has 0 radical (unpaired) electrons. The first-order chi connectivity index (χ1) is 9.60. The van der Waals surface area contributed by atoms with Gasteiger partial charge in [0.05, 0.1) is 18.1 Å². The molecule has 2 aromatic rings. The highest BCUT2D eigenvalue weighted by Crippen LogP contribution is 2.19. The van der Waals surface area contributed by atoms with E-state index in [-0.39, 0.29) is 6.04 Å². The van der Waals surface area contributed by atoms with E-state index >= 15 is 0 Å². The Kier molecular flexibility index (Phi) is 4.96. The highest BCUT2D eigenvalue weighted by atomic mass is 15.0. The Balaban J connectivity index is 2.11. The minimum Gasteiger partial charge on any atom is -0.340 e. The normalized spacial score (nSPS) is 12.8. The monoisotopic (exact) mass is 271 g/mol. The fraction of sp³-hybridized carbons (Fsp3) is 0.471. The maximum Gasteiger partial charge on any atom is 0.0947 e. The number of aromatic nitrogens is 2. The quantitative estimate of drug-likeness (QED) is 0.872. The van der Waals surface area contributed by atoms with Crippen LogP contribution in [-0.2, 0) is 13.5 Å². The standard InChI is InChI=1S/C17H25N3/c1-5-18-16(17-11-20(4)12-19-17)10-14-6-8-15(9-7-14)13(2)3/h6-9,11-13,16,18H,5,10H2,1-4H3. The molecule has 108 valence electrons. The van der Waals surface area contributed by atoms with E-state index in [1.165, 1.54) is 11.1 Å². The fourth-order valence-corrected chi connectivity index (χ4v) is 2.42. The van der Waals surface area contributed by atoms with Crippen LogP contribution >= 0.6 is 0 Å². The summed E-state index contributed by atoms with van der Waals surface area (Å²) < 4.78 is 2.00. The molecule has 0 saturated carbocycles. The number of hydrogen-bond acceptors (Lipinski definition) is 2. The summed E-state index contributed by atoms with van der Waals surface area (Å²) >= 11 is 0. The van der Waals surface area contributed by atoms with Crippen LogP contribution in [0.2, 0.25) is 0 Å². The van der Waals surface area contributed by atoms with Gasteiger partial charge in [-0.2, -0.15) is 0 Å². The number of nitrogens with zero attached hydrogens (tertiary/aromatic N) is 2. The molecule has 1 N–H and O–H groups in total. The SMILES string of the molecule is CCNC(Cc1ccc(C(C)C)cc1)c1cn(C)cn1. The Morgan fingerprint density at radius 1 is 1.20 bits per heavy atom. The number of imidazole rings is 1. The van der Waals surface area contributed by atoms with E-state index in [0.717, 1.165) is 18.7 Å². The number of nitrogens with one attached hydrogen (secondary N) is 1. The van der Waals surface area contributed by atoms with Gasteiger partial charge < -0.3 is 9.88 Å². The van der Waals surface area contributed by atoms with Crippen LogP contribution in [-0.4, -0.2) is 16.1 Å². The molecular weight excluding hydrogens is 246 g/mol. The molecule has 0 aliphatic heterocycles. The van der Waals surface area contributed by atoms with Crippen molar-refractivity contribution in [2.45, 2.75) is 39.2 Å². The minimum absolute atomic E-state index is 0.283. The van der Waals surface area contributed by atoms with Gasteiger partial charge in [-0.25, -0.2) is 4.98 Å². The van der Waals surface area contributed by atoms with Crippen molar-refractivity contribution in [2.24, 2.45) is 7.05 Å². The van der Waals surface area contributed by atoms with Crippen molar-refractivity contribution >= 4 is 0 Å². The van der Waals surface area contributed by atoms with Crippen LogP contribution in [0.15, 0.2) is 36.8 Å². The van der Waals surface area contributed by atoms with Gasteiger partial charge in [0.2, 0.25) is 0 Å². The van der Waals surface area contributed by atoms with Gasteiger partial charge in [-0.3, -0.25) is 0 Å². The summed E-state index contributed by atoms with van der Waals surface area (Å²) in [6, 6.07) is 9.24. The lowest BCUT2D eigenvalue weighted by molar-refractivity contribution is 0.538. The zero-order chi connectivity index (χ0) is 14.5. The van der Waals surface area contributed by atoms with Crippen LogP contribution in [0.4, 0.5) is 0 Å². The van der Waals surface area contributed by atoms with E-state index < -0.39 is 0 Å². The molecule has 1 unspecified atom stereocenters. The smallest absolute Gasteiger partial charge is 0.0947 e. The zero-order valence-electron chi connectivity index (χ0n) is 12.9. The number of benzene rings is 1. The van der Waals surface area contributed by atoms with Crippen LogP contribution in [0.3, 0.4) is 0 Å². The van der Waals surface area contributed by atoms with Gasteiger partial charge in [0.25, 0.3) is 0 Å². The van der Waals surface area contributed by atoms with Crippen molar-refractivity contribution in [2.75, 3.05) is 6.54 Å². The third kappa shape index (κ3) is 3.70. The molecule has 0 amide bonds. The Hall–Kier alpha value is -1.61. The van der Waals surface area contributed by atoms with Gasteiger partial charge in [-0.05, 0) is 30.0 Å². The third-order valence-electron chi connectivity index (χ3n) is 3.62. The summed E-state index contributed by atoms with van der Waals surface area (Å²) in [6.07, 6.45) is 4.93. The van der Waals surface area contributed by atoms with E-state index in [1.54, 1.807) is 0 Å². The Labute approximate surface area is 122 Å². The fourth-order valence-electron chi connectivity index (χ4n) is 2.42. The van der Waals surface area contributed by atoms with Crippen molar-refractivity contribution in [3.05, 3.63) is 53.6 Å². The highest BCUT2D eigenvalue weighted by molar-refractivity contribution is 5.26. The molecule has 0 fully saturated rings. The number of aryl methyl sites for hydroxylation is 1. The van der Waals surface area contributed by atoms with Crippen LogP contribution in [0.1, 0.15) is 49.6 Å². The average molecular weight is 271 g/mol. The van der Waals surface area contributed by atoms with E-state index in [1.807, 2.05) is 17.9 Å². The van der Waals surface area contributed by atoms with E-state index in [2.05, 4.69) is 61.5 Å². The van der Waals surface area contributed by atoms with Gasteiger partial charge in [0, 0.05) is 13.2 Å². The van der Waals surface area contributed by atoms with Gasteiger partial charge in [0.15, 0.2) is 0 Å². The first kappa shape index (κ1) is 14.8. The number of rotatable bonds is 6. The molecule has 1 atom stereocenters. The summed E-state index contributed by atoms with van der Waals surface area (Å²) in [4.78, 5) is 4.48. The Morgan fingerprint density at radius 3 is 2.40 bits per heavy atom. The van der Waals surface area contributed by atoms with Crippen molar-refractivity contribution in [3.8, 4) is 0 Å². The van der Waals surface area contributed by atoms with Crippen molar-refractivity contribution in [1.29, 1.82) is 0 Å². The molecule has 0 saturated heterocycles. The number of hydrogen-bond donors (Lipinski definition) is 1. The van der Waals surface area contributed by atoms with Gasteiger partial charge in [-0.1, -0.05) is 45.0 Å². The molecule has 3 heteroatoms. The summed E-state index contributed by atoms with van der Waals surface area (Å²) in [5.74, 6) is 0.587. The first-order valence-electron chi connectivity index (χ1n) is 7.40. The van der Waals surface area contributed by atoms with Crippen molar-refractivity contribution < 1.29 is 0 Å². The molecule has 1 heterocycles. The van der Waals surface area contributed by atoms with Gasteiger partial charge in [0.1, 0.15) is 0 Å². The van der Waals surface area contributed by atoms with Crippen LogP contribution in [0, 0.1) is 0 Å². The molecule has 3 nitrogen and oxygen atoms in total. The van der Waals surface area contributed by atoms with Crippen molar-refractivity contribution in [3.63, 3.8) is 0 Å². The van der Waals surface area contributed by atoms with Gasteiger partial charge in [-0.15, -0.1) is 0 Å². The van der Waals surface area contributed by atoms with E-state index in [0.29, 0.717) is 5.92 Å². The molecule has 1 aromatic carbocycles.